The second-order valence-corrected chi connectivity index (χ2v) is 5.25. The molecule has 1 heteroatoms. The molecule has 1 aliphatic rings. The Labute approximate surface area is 106 Å². The minimum atomic E-state index is 0.800. The lowest BCUT2D eigenvalue weighted by Gasteiger charge is -2.09. The molecule has 1 saturated heterocycles. The number of benzene rings is 1. The van der Waals surface area contributed by atoms with Crippen molar-refractivity contribution in [2.24, 2.45) is 0 Å². The minimum absolute atomic E-state index is 0.800. The molecule has 0 radical (unpaired) electrons. The lowest BCUT2D eigenvalue weighted by molar-refractivity contribution is 0.536. The first-order chi connectivity index (χ1) is 8.38. The molecule has 0 aromatic heterocycles. The molecule has 1 aromatic rings. The first-order valence-corrected chi connectivity index (χ1v) is 7.19. The fourth-order valence-electron chi connectivity index (χ4n) is 2.72. The fraction of sp³-hybridized carbons (Fsp3) is 0.625. The van der Waals surface area contributed by atoms with Gasteiger partial charge in [-0.25, -0.2) is 0 Å². The van der Waals surface area contributed by atoms with E-state index in [1.165, 1.54) is 62.6 Å². The van der Waals surface area contributed by atoms with Crippen LogP contribution < -0.4 is 5.32 Å². The van der Waals surface area contributed by atoms with Crippen molar-refractivity contribution in [3.63, 3.8) is 0 Å². The van der Waals surface area contributed by atoms with E-state index < -0.39 is 0 Å². The molecule has 1 unspecified atom stereocenters. The zero-order chi connectivity index (χ0) is 11.9. The molecule has 0 bridgehead atoms. The molecule has 1 fully saturated rings. The highest BCUT2D eigenvalue weighted by molar-refractivity contribution is 5.22. The quantitative estimate of drug-likeness (QED) is 0.787. The maximum Gasteiger partial charge on any atom is 0.00676 e. The molecule has 0 spiro atoms. The van der Waals surface area contributed by atoms with Crippen molar-refractivity contribution in [1.29, 1.82) is 0 Å². The van der Waals surface area contributed by atoms with Crippen LogP contribution in [0.2, 0.25) is 0 Å². The Morgan fingerprint density at radius 3 is 2.41 bits per heavy atom. The zero-order valence-electron chi connectivity index (χ0n) is 11.0. The largest absolute Gasteiger partial charge is 0.314 e. The van der Waals surface area contributed by atoms with Gasteiger partial charge in [-0.3, -0.25) is 0 Å². The predicted molar refractivity (Wildman–Crippen MR) is 74.4 cm³/mol. The molecule has 94 valence electrons. The highest BCUT2D eigenvalue weighted by Crippen LogP contribution is 2.14. The fourth-order valence-corrected chi connectivity index (χ4v) is 2.72. The van der Waals surface area contributed by atoms with Crippen molar-refractivity contribution >= 4 is 0 Å². The van der Waals surface area contributed by atoms with Gasteiger partial charge in [-0.2, -0.15) is 0 Å². The summed E-state index contributed by atoms with van der Waals surface area (Å²) < 4.78 is 0. The predicted octanol–water partition coefficient (Wildman–Crippen LogP) is 3.71. The van der Waals surface area contributed by atoms with E-state index in [2.05, 4.69) is 36.5 Å². The highest BCUT2D eigenvalue weighted by Gasteiger charge is 2.12. The number of rotatable bonds is 6. The molecule has 2 rings (SSSR count). The second-order valence-electron chi connectivity index (χ2n) is 5.25. The molecular weight excluding hydrogens is 206 g/mol. The second kappa shape index (κ2) is 6.80. The average molecular weight is 231 g/mol. The summed E-state index contributed by atoms with van der Waals surface area (Å²) in [5, 5.41) is 3.57. The molecule has 0 amide bonds. The lowest BCUT2D eigenvalue weighted by Crippen LogP contribution is -2.20. The molecule has 17 heavy (non-hydrogen) atoms. The zero-order valence-corrected chi connectivity index (χ0v) is 11.0. The van der Waals surface area contributed by atoms with Crippen molar-refractivity contribution < 1.29 is 0 Å². The van der Waals surface area contributed by atoms with E-state index in [-0.39, 0.29) is 0 Å². The molecule has 0 aliphatic carbocycles. The van der Waals surface area contributed by atoms with Crippen LogP contribution in [-0.2, 0) is 12.8 Å². The molecular formula is C16H25N. The van der Waals surface area contributed by atoms with Gasteiger partial charge in [0.2, 0.25) is 0 Å². The Morgan fingerprint density at radius 2 is 1.82 bits per heavy atom. The van der Waals surface area contributed by atoms with Crippen molar-refractivity contribution in [3.8, 4) is 0 Å². The number of hydrogen-bond donors (Lipinski definition) is 1. The third kappa shape index (κ3) is 4.16. The van der Waals surface area contributed by atoms with Crippen LogP contribution in [0.3, 0.4) is 0 Å². The Balaban J connectivity index is 1.70. The van der Waals surface area contributed by atoms with E-state index in [1.54, 1.807) is 0 Å². The Bertz CT molecular complexity index is 309. The minimum Gasteiger partial charge on any atom is -0.314 e. The lowest BCUT2D eigenvalue weighted by atomic mass is 10.0. The first kappa shape index (κ1) is 12.6. The number of aryl methyl sites for hydroxylation is 2. The van der Waals surface area contributed by atoms with Gasteiger partial charge in [-0.05, 0) is 56.2 Å². The molecule has 1 aliphatic heterocycles. The monoisotopic (exact) mass is 231 g/mol. The van der Waals surface area contributed by atoms with E-state index in [1.807, 2.05) is 0 Å². The SMILES string of the molecule is CCCc1ccc(CCCC2CCCN2)cc1. The third-order valence-electron chi connectivity index (χ3n) is 3.74. The van der Waals surface area contributed by atoms with Crippen LogP contribution in [-0.4, -0.2) is 12.6 Å². The van der Waals surface area contributed by atoms with Crippen LogP contribution in [0.15, 0.2) is 24.3 Å². The Hall–Kier alpha value is -0.820. The molecule has 1 nitrogen and oxygen atoms in total. The third-order valence-corrected chi connectivity index (χ3v) is 3.74. The summed E-state index contributed by atoms with van der Waals surface area (Å²) in [5.41, 5.74) is 2.98. The summed E-state index contributed by atoms with van der Waals surface area (Å²) in [4.78, 5) is 0. The van der Waals surface area contributed by atoms with Gasteiger partial charge in [0.05, 0.1) is 0 Å². The molecule has 0 saturated carbocycles. The number of hydrogen-bond acceptors (Lipinski definition) is 1. The summed E-state index contributed by atoms with van der Waals surface area (Å²) in [7, 11) is 0. The normalized spacial score (nSPS) is 19.7. The van der Waals surface area contributed by atoms with Gasteiger partial charge in [-0.1, -0.05) is 37.6 Å². The van der Waals surface area contributed by atoms with E-state index in [0.717, 1.165) is 6.04 Å². The van der Waals surface area contributed by atoms with Gasteiger partial charge in [0, 0.05) is 6.04 Å². The molecule has 1 heterocycles. The van der Waals surface area contributed by atoms with E-state index in [4.69, 9.17) is 0 Å². The summed E-state index contributed by atoms with van der Waals surface area (Å²) in [5.74, 6) is 0. The summed E-state index contributed by atoms with van der Waals surface area (Å²) >= 11 is 0. The first-order valence-electron chi connectivity index (χ1n) is 7.19. The Kier molecular flexibility index (Phi) is 5.06. The maximum atomic E-state index is 3.57. The molecule has 1 N–H and O–H groups in total. The van der Waals surface area contributed by atoms with Crippen LogP contribution >= 0.6 is 0 Å². The topological polar surface area (TPSA) is 12.0 Å². The van der Waals surface area contributed by atoms with Gasteiger partial charge in [0.1, 0.15) is 0 Å². The summed E-state index contributed by atoms with van der Waals surface area (Å²) in [6.07, 6.45) is 9.12. The van der Waals surface area contributed by atoms with Crippen LogP contribution in [0.5, 0.6) is 0 Å². The molecule has 1 aromatic carbocycles. The maximum absolute atomic E-state index is 3.57. The smallest absolute Gasteiger partial charge is 0.00676 e. The van der Waals surface area contributed by atoms with E-state index in [0.29, 0.717) is 0 Å². The summed E-state index contributed by atoms with van der Waals surface area (Å²) in [6.45, 7) is 3.47. The van der Waals surface area contributed by atoms with E-state index in [9.17, 15) is 0 Å². The molecule has 1 atom stereocenters. The Morgan fingerprint density at radius 1 is 1.12 bits per heavy atom. The van der Waals surface area contributed by atoms with Crippen LogP contribution in [0, 0.1) is 0 Å². The van der Waals surface area contributed by atoms with E-state index >= 15 is 0 Å². The van der Waals surface area contributed by atoms with Crippen molar-refractivity contribution in [3.05, 3.63) is 35.4 Å². The van der Waals surface area contributed by atoms with Gasteiger partial charge < -0.3 is 5.32 Å². The van der Waals surface area contributed by atoms with Crippen molar-refractivity contribution in [1.82, 2.24) is 5.32 Å². The van der Waals surface area contributed by atoms with Gasteiger partial charge >= 0.3 is 0 Å². The van der Waals surface area contributed by atoms with Crippen LogP contribution in [0.4, 0.5) is 0 Å². The van der Waals surface area contributed by atoms with Crippen molar-refractivity contribution in [2.75, 3.05) is 6.54 Å². The van der Waals surface area contributed by atoms with Gasteiger partial charge in [0.15, 0.2) is 0 Å². The van der Waals surface area contributed by atoms with Crippen molar-refractivity contribution in [2.45, 2.75) is 57.9 Å². The highest BCUT2D eigenvalue weighted by atomic mass is 14.9. The number of nitrogens with one attached hydrogen (secondary N) is 1. The van der Waals surface area contributed by atoms with Gasteiger partial charge in [-0.15, -0.1) is 0 Å². The van der Waals surface area contributed by atoms with Crippen LogP contribution in [0.1, 0.15) is 50.2 Å². The van der Waals surface area contributed by atoms with Gasteiger partial charge in [0.25, 0.3) is 0 Å². The average Bonchev–Trinajstić information content (AvgIpc) is 2.85. The standard InChI is InChI=1S/C16H25N/c1-2-5-14-9-11-15(12-10-14)6-3-7-16-8-4-13-17-16/h9-12,16-17H,2-8,13H2,1H3. The van der Waals surface area contributed by atoms with Crippen LogP contribution in [0.25, 0.3) is 0 Å². The summed E-state index contributed by atoms with van der Waals surface area (Å²) in [6, 6.07) is 10.0.